The van der Waals surface area contributed by atoms with Crippen molar-refractivity contribution >= 4 is 88.1 Å². The number of pyridine rings is 2. The van der Waals surface area contributed by atoms with Crippen LogP contribution >= 0.6 is 45.1 Å². The molecule has 0 bridgehead atoms. The van der Waals surface area contributed by atoms with E-state index in [-0.39, 0.29) is 0 Å². The maximum Gasteiger partial charge on any atom is 0.163 e. The molecule has 0 saturated heterocycles. The van der Waals surface area contributed by atoms with Crippen molar-refractivity contribution in [1.29, 1.82) is 0 Å². The molecular weight excluding hydrogens is 501 g/mol. The van der Waals surface area contributed by atoms with E-state index in [0.717, 1.165) is 41.9 Å². The highest BCUT2D eigenvalue weighted by atomic mass is 33.1. The molecule has 0 aliphatic heterocycles. The Morgan fingerprint density at radius 3 is 1.50 bits per heavy atom. The van der Waals surface area contributed by atoms with Gasteiger partial charge in [0.2, 0.25) is 0 Å². The molecule has 0 fully saturated rings. The molecule has 0 aliphatic rings. The van der Waals surface area contributed by atoms with E-state index in [2.05, 4.69) is 30.4 Å². The van der Waals surface area contributed by atoms with Gasteiger partial charge in [-0.2, -0.15) is 10.2 Å². The van der Waals surface area contributed by atoms with Gasteiger partial charge in [0.25, 0.3) is 0 Å². The molecule has 10 heteroatoms. The Balaban J connectivity index is 1.36. The van der Waals surface area contributed by atoms with Gasteiger partial charge in [-0.05, 0) is 58.4 Å². The van der Waals surface area contributed by atoms with Gasteiger partial charge >= 0.3 is 0 Å². The fourth-order valence-electron chi connectivity index (χ4n) is 2.83. The average Bonchev–Trinajstić information content (AvgIpc) is 2.89. The minimum absolute atomic E-state index is 0.767. The maximum atomic E-state index is 4.58. The van der Waals surface area contributed by atoms with E-state index in [1.54, 1.807) is 12.4 Å². The van der Waals surface area contributed by atoms with E-state index in [9.17, 15) is 0 Å². The fourth-order valence-corrected chi connectivity index (χ4v) is 6.40. The molecule has 0 atom stereocenters. The van der Waals surface area contributed by atoms with Crippen LogP contribution in [0.4, 0.5) is 0 Å². The summed E-state index contributed by atoms with van der Waals surface area (Å²) in [6, 6.07) is 23.9. The van der Waals surface area contributed by atoms with Crippen LogP contribution in [0.25, 0.3) is 21.8 Å². The van der Waals surface area contributed by atoms with E-state index in [1.165, 1.54) is 45.1 Å². The molecule has 4 rings (SSSR count). The largest absolute Gasteiger partial charge is 0.247 e. The highest BCUT2D eigenvalue weighted by Gasteiger charge is 2.05. The summed E-state index contributed by atoms with van der Waals surface area (Å²) in [6.07, 6.45) is 7.27. The van der Waals surface area contributed by atoms with E-state index in [4.69, 9.17) is 0 Å². The third-order valence-corrected chi connectivity index (χ3v) is 9.16. The highest BCUT2D eigenvalue weighted by molar-refractivity contribution is 8.93. The summed E-state index contributed by atoms with van der Waals surface area (Å²) in [6.45, 7) is 0. The van der Waals surface area contributed by atoms with Crippen LogP contribution in [-0.4, -0.2) is 43.7 Å². The molecule has 0 spiro atoms. The molecule has 6 nitrogen and oxygen atoms in total. The molecule has 0 saturated carbocycles. The molecule has 2 heterocycles. The van der Waals surface area contributed by atoms with Gasteiger partial charge in [0.05, 0.1) is 34.9 Å². The number of benzene rings is 2. The fraction of sp³-hybridized carbons (Fsp3) is 0.0833. The van der Waals surface area contributed by atoms with E-state index in [1.807, 2.05) is 85.3 Å². The molecule has 2 aromatic carbocycles. The monoisotopic (exact) mass is 520 g/mol. The smallest absolute Gasteiger partial charge is 0.163 e. The summed E-state index contributed by atoms with van der Waals surface area (Å²) in [5.74, 6) is 0. The van der Waals surface area contributed by atoms with Gasteiger partial charge in [-0.1, -0.05) is 48.5 Å². The lowest BCUT2D eigenvalue weighted by Crippen LogP contribution is -1.89. The summed E-state index contributed by atoms with van der Waals surface area (Å²) < 4.78 is 1.62. The van der Waals surface area contributed by atoms with Crippen LogP contribution in [0.1, 0.15) is 11.4 Å². The lowest BCUT2D eigenvalue weighted by molar-refractivity contribution is 1.26. The van der Waals surface area contributed by atoms with Crippen molar-refractivity contribution in [3.8, 4) is 0 Å². The van der Waals surface area contributed by atoms with Crippen molar-refractivity contribution in [2.45, 2.75) is 0 Å². The number of thioether (sulfide) groups is 2. The first-order chi connectivity index (χ1) is 16.7. The number of aromatic nitrogens is 2. The van der Waals surface area contributed by atoms with Crippen molar-refractivity contribution in [3.05, 3.63) is 84.2 Å². The first-order valence-corrected chi connectivity index (χ1v) is 14.7. The Morgan fingerprint density at radius 1 is 0.618 bits per heavy atom. The molecule has 0 aliphatic carbocycles. The SMILES string of the molecule is CS/C(=N\N=Cc1ccc2ccccc2n1)SS/C(=N/N=C/c1ccc2ccccc2n1)SC. The Bertz CT molecular complexity index is 1290. The summed E-state index contributed by atoms with van der Waals surface area (Å²) in [4.78, 5) is 9.16. The van der Waals surface area contributed by atoms with Crippen molar-refractivity contribution < 1.29 is 0 Å². The number of para-hydroxylation sites is 2. The molecule has 34 heavy (non-hydrogen) atoms. The van der Waals surface area contributed by atoms with Gasteiger partial charge in [0, 0.05) is 10.8 Å². The Kier molecular flexibility index (Phi) is 9.14. The number of rotatable bonds is 4. The molecule has 0 amide bonds. The maximum absolute atomic E-state index is 4.58. The molecular formula is C24H20N6S4. The van der Waals surface area contributed by atoms with Gasteiger partial charge in [-0.25, -0.2) is 9.97 Å². The summed E-state index contributed by atoms with van der Waals surface area (Å²) in [7, 11) is 2.99. The van der Waals surface area contributed by atoms with Gasteiger partial charge in [-0.15, -0.1) is 33.7 Å². The van der Waals surface area contributed by atoms with Crippen molar-refractivity contribution in [2.75, 3.05) is 12.5 Å². The first kappa shape index (κ1) is 24.5. The summed E-state index contributed by atoms with van der Waals surface area (Å²) in [5.41, 5.74) is 3.41. The minimum Gasteiger partial charge on any atom is -0.247 e. The lowest BCUT2D eigenvalue weighted by Gasteiger charge is -2.01. The zero-order chi connectivity index (χ0) is 23.6. The van der Waals surface area contributed by atoms with Crippen molar-refractivity contribution in [3.63, 3.8) is 0 Å². The van der Waals surface area contributed by atoms with E-state index >= 15 is 0 Å². The topological polar surface area (TPSA) is 75.2 Å². The number of hydrogen-bond donors (Lipinski definition) is 0. The van der Waals surface area contributed by atoms with Crippen molar-refractivity contribution in [2.24, 2.45) is 20.4 Å². The Hall–Kier alpha value is -2.66. The molecule has 170 valence electrons. The van der Waals surface area contributed by atoms with Crippen LogP contribution in [0.15, 0.2) is 93.2 Å². The summed E-state index contributed by atoms with van der Waals surface area (Å²) >= 11 is 3.05. The summed E-state index contributed by atoms with van der Waals surface area (Å²) in [5, 5.41) is 19.3. The van der Waals surface area contributed by atoms with Crippen molar-refractivity contribution in [1.82, 2.24) is 9.97 Å². The Morgan fingerprint density at radius 2 is 1.06 bits per heavy atom. The zero-order valence-corrected chi connectivity index (χ0v) is 21.7. The molecule has 0 radical (unpaired) electrons. The predicted octanol–water partition coefficient (Wildman–Crippen LogP) is 6.97. The van der Waals surface area contributed by atoms with E-state index in [0.29, 0.717) is 0 Å². The van der Waals surface area contributed by atoms with Crippen LogP contribution in [-0.2, 0) is 0 Å². The van der Waals surface area contributed by atoms with Gasteiger partial charge in [0.1, 0.15) is 0 Å². The third kappa shape index (κ3) is 6.92. The second-order valence-corrected chi connectivity index (χ2v) is 10.9. The van der Waals surface area contributed by atoms with E-state index < -0.39 is 0 Å². The molecule has 4 aromatic rings. The van der Waals surface area contributed by atoms with Crippen LogP contribution in [0.5, 0.6) is 0 Å². The quantitative estimate of drug-likeness (QED) is 0.125. The van der Waals surface area contributed by atoms with Crippen LogP contribution in [0.3, 0.4) is 0 Å². The Labute approximate surface area is 214 Å². The second-order valence-electron chi connectivity index (χ2n) is 6.65. The number of hydrogen-bond acceptors (Lipinski definition) is 10. The van der Waals surface area contributed by atoms with Crippen LogP contribution < -0.4 is 0 Å². The third-order valence-electron chi connectivity index (χ3n) is 4.43. The second kappa shape index (κ2) is 12.7. The van der Waals surface area contributed by atoms with Crippen LogP contribution in [0, 0.1) is 0 Å². The van der Waals surface area contributed by atoms with Gasteiger partial charge in [-0.3, -0.25) is 0 Å². The average molecular weight is 521 g/mol. The van der Waals surface area contributed by atoms with Gasteiger partial charge < -0.3 is 0 Å². The van der Waals surface area contributed by atoms with Crippen LogP contribution in [0.2, 0.25) is 0 Å². The normalized spacial score (nSPS) is 13.0. The minimum atomic E-state index is 0.767. The lowest BCUT2D eigenvalue weighted by atomic mass is 10.2. The standard InChI is InChI=1S/C24H20N6S4/c1-31-23(29-25-15-19-13-11-17-7-3-5-9-21(17)27-19)33-34-24(32-2)30-26-16-20-14-12-18-8-4-6-10-22(18)28-20/h3-16H,1-2H3/b25-15+,26-16?,29-23+,30-24+. The first-order valence-electron chi connectivity index (χ1n) is 10.1. The zero-order valence-electron chi connectivity index (χ0n) is 18.4. The molecule has 0 N–H and O–H groups in total. The number of fused-ring (bicyclic) bond motifs is 2. The highest BCUT2D eigenvalue weighted by Crippen LogP contribution is 2.32. The number of nitrogens with zero attached hydrogens (tertiary/aromatic N) is 6. The predicted molar refractivity (Wildman–Crippen MR) is 156 cm³/mol. The van der Waals surface area contributed by atoms with Gasteiger partial charge in [0.15, 0.2) is 8.75 Å². The molecule has 2 aromatic heterocycles. The molecule has 0 unspecified atom stereocenters.